The number of anilines is 1. The molecule has 0 spiro atoms. The van der Waals surface area contributed by atoms with Crippen LogP contribution in [0.5, 0.6) is 5.75 Å². The summed E-state index contributed by atoms with van der Waals surface area (Å²) in [4.78, 5) is 13.3. The molecule has 0 saturated carbocycles. The van der Waals surface area contributed by atoms with E-state index in [0.717, 1.165) is 10.5 Å². The normalized spacial score (nSPS) is 16.2. The van der Waals surface area contributed by atoms with E-state index in [0.29, 0.717) is 12.0 Å². The Morgan fingerprint density at radius 1 is 1.35 bits per heavy atom. The van der Waals surface area contributed by atoms with Crippen molar-refractivity contribution < 1.29 is 23.4 Å². The second kappa shape index (κ2) is 5.24. The number of aliphatic imine (C=N–C) groups is 1. The number of hydrogen-bond donors (Lipinski definition) is 3. The van der Waals surface area contributed by atoms with Gasteiger partial charge in [0.2, 0.25) is 12.0 Å². The van der Waals surface area contributed by atoms with Crippen molar-refractivity contribution >= 4 is 22.0 Å². The van der Waals surface area contributed by atoms with Crippen LogP contribution in [0.1, 0.15) is 5.56 Å². The number of aliphatic hydroxyl groups excluding tert-OH is 1. The van der Waals surface area contributed by atoms with E-state index < -0.39 is 16.1 Å². The molecule has 0 atom stereocenters. The molecule has 0 amide bonds. The zero-order valence-electron chi connectivity index (χ0n) is 10.1. The van der Waals surface area contributed by atoms with E-state index in [1.54, 1.807) is 6.07 Å². The van der Waals surface area contributed by atoms with Crippen LogP contribution < -0.4 is 9.03 Å². The van der Waals surface area contributed by atoms with Gasteiger partial charge in [-0.3, -0.25) is 0 Å². The fourth-order valence-electron chi connectivity index (χ4n) is 1.73. The van der Waals surface area contributed by atoms with Gasteiger partial charge in [0, 0.05) is 0 Å². The van der Waals surface area contributed by atoms with Crippen molar-refractivity contribution in [2.45, 2.75) is 6.42 Å². The summed E-state index contributed by atoms with van der Waals surface area (Å²) < 4.78 is 25.9. The summed E-state index contributed by atoms with van der Waals surface area (Å²) in [6.07, 6.45) is 2.76. The van der Waals surface area contributed by atoms with Crippen molar-refractivity contribution in [3.63, 3.8) is 0 Å². The molecule has 9 heteroatoms. The Kier molecular flexibility index (Phi) is 3.64. The number of aliphatic hydroxyl groups is 1. The Hall–Kier alpha value is -2.51. The molecule has 1 aliphatic rings. The molecule has 1 aromatic rings. The predicted octanol–water partition coefficient (Wildman–Crippen LogP) is 0.282. The van der Waals surface area contributed by atoms with E-state index in [2.05, 4.69) is 4.99 Å². The van der Waals surface area contributed by atoms with Crippen LogP contribution in [0.25, 0.3) is 0 Å². The molecule has 0 radical (unpaired) electrons. The van der Waals surface area contributed by atoms with E-state index >= 15 is 0 Å². The maximum Gasteiger partial charge on any atom is 0.330 e. The topological polar surface area (TPSA) is 119 Å². The van der Waals surface area contributed by atoms with Gasteiger partial charge in [0.25, 0.3) is 0 Å². The molecule has 20 heavy (non-hydrogen) atoms. The largest absolute Gasteiger partial charge is 0.506 e. The SMILES string of the molecule is O=C=NCCc1ccc(N2C=C(O)NS2(=O)=O)c(O)c1. The van der Waals surface area contributed by atoms with Gasteiger partial charge in [-0.1, -0.05) is 6.07 Å². The summed E-state index contributed by atoms with van der Waals surface area (Å²) in [7, 11) is -3.93. The van der Waals surface area contributed by atoms with Crippen molar-refractivity contribution in [2.75, 3.05) is 10.8 Å². The summed E-state index contributed by atoms with van der Waals surface area (Å²) in [5, 5.41) is 19.1. The van der Waals surface area contributed by atoms with E-state index in [1.807, 2.05) is 4.72 Å². The Morgan fingerprint density at radius 2 is 2.10 bits per heavy atom. The number of phenolic OH excluding ortho intramolecular Hbond substituents is 1. The number of aromatic hydroxyl groups is 1. The summed E-state index contributed by atoms with van der Waals surface area (Å²) in [5.41, 5.74) is 0.687. The fourth-order valence-corrected chi connectivity index (χ4v) is 2.80. The van der Waals surface area contributed by atoms with Crippen LogP contribution in [-0.4, -0.2) is 31.3 Å². The summed E-state index contributed by atoms with van der Waals surface area (Å²) in [6.45, 7) is 0.229. The molecular formula is C11H11N3O5S. The maximum absolute atomic E-state index is 11.7. The molecule has 106 valence electrons. The van der Waals surface area contributed by atoms with E-state index in [4.69, 9.17) is 0 Å². The second-order valence-corrected chi connectivity index (χ2v) is 5.51. The van der Waals surface area contributed by atoms with Crippen molar-refractivity contribution in [3.8, 4) is 5.75 Å². The third-order valence-electron chi connectivity index (χ3n) is 2.59. The van der Waals surface area contributed by atoms with Gasteiger partial charge < -0.3 is 10.2 Å². The Balaban J connectivity index is 2.28. The number of phenols is 1. The standard InChI is InChI=1S/C11H11N3O5S/c15-7-12-4-3-8-1-2-9(10(16)5-8)14-6-11(17)13-20(14,18)19/h1-2,5-6,13,16-17H,3-4H2. The van der Waals surface area contributed by atoms with Crippen LogP contribution in [0, 0.1) is 0 Å². The molecule has 0 saturated heterocycles. The summed E-state index contributed by atoms with van der Waals surface area (Å²) in [6, 6.07) is 4.35. The number of benzene rings is 1. The first-order valence-corrected chi connectivity index (χ1v) is 6.96. The van der Waals surface area contributed by atoms with Crippen LogP contribution in [0.2, 0.25) is 0 Å². The van der Waals surface area contributed by atoms with Crippen LogP contribution in [-0.2, 0) is 21.4 Å². The molecule has 0 aliphatic carbocycles. The van der Waals surface area contributed by atoms with E-state index in [9.17, 15) is 23.4 Å². The fraction of sp³-hybridized carbons (Fsp3) is 0.182. The van der Waals surface area contributed by atoms with E-state index in [-0.39, 0.29) is 18.0 Å². The second-order valence-electron chi connectivity index (χ2n) is 3.96. The number of isocyanates is 1. The molecule has 0 unspecified atom stereocenters. The van der Waals surface area contributed by atoms with Crippen molar-refractivity contribution in [3.05, 3.63) is 35.8 Å². The average molecular weight is 297 g/mol. The minimum atomic E-state index is -3.93. The highest BCUT2D eigenvalue weighted by Gasteiger charge is 2.30. The Labute approximate surface area is 114 Å². The van der Waals surface area contributed by atoms with Crippen LogP contribution in [0.15, 0.2) is 35.3 Å². The van der Waals surface area contributed by atoms with Crippen molar-refractivity contribution in [1.82, 2.24) is 4.72 Å². The first-order valence-electron chi connectivity index (χ1n) is 5.52. The van der Waals surface area contributed by atoms with Crippen LogP contribution in [0.4, 0.5) is 5.69 Å². The summed E-state index contributed by atoms with van der Waals surface area (Å²) in [5.74, 6) is -0.803. The van der Waals surface area contributed by atoms with Gasteiger partial charge in [-0.25, -0.2) is 18.8 Å². The highest BCUT2D eigenvalue weighted by Crippen LogP contribution is 2.32. The average Bonchev–Trinajstić information content (AvgIpc) is 2.63. The molecule has 0 bridgehead atoms. The van der Waals surface area contributed by atoms with Crippen molar-refractivity contribution in [1.29, 1.82) is 0 Å². The molecular weight excluding hydrogens is 286 g/mol. The third-order valence-corrected chi connectivity index (χ3v) is 3.87. The quantitative estimate of drug-likeness (QED) is 0.545. The molecule has 8 nitrogen and oxygen atoms in total. The van der Waals surface area contributed by atoms with Gasteiger partial charge in [-0.05, 0) is 24.1 Å². The van der Waals surface area contributed by atoms with Gasteiger partial charge in [0.1, 0.15) is 11.4 Å². The number of nitrogens with zero attached hydrogens (tertiary/aromatic N) is 2. The zero-order chi connectivity index (χ0) is 14.8. The zero-order valence-corrected chi connectivity index (χ0v) is 11.0. The first kappa shape index (κ1) is 13.9. The van der Waals surface area contributed by atoms with Gasteiger partial charge in [0.15, 0.2) is 0 Å². The molecule has 1 aliphatic heterocycles. The van der Waals surface area contributed by atoms with Gasteiger partial charge in [-0.15, -0.1) is 0 Å². The minimum Gasteiger partial charge on any atom is -0.506 e. The minimum absolute atomic E-state index is 0.00388. The molecule has 0 aromatic heterocycles. The first-order chi connectivity index (χ1) is 9.44. The van der Waals surface area contributed by atoms with Gasteiger partial charge >= 0.3 is 10.2 Å². The number of nitrogens with one attached hydrogen (secondary N) is 1. The van der Waals surface area contributed by atoms with Gasteiger partial charge in [-0.2, -0.15) is 8.42 Å². The van der Waals surface area contributed by atoms with Crippen LogP contribution >= 0.6 is 0 Å². The monoisotopic (exact) mass is 297 g/mol. The van der Waals surface area contributed by atoms with Crippen molar-refractivity contribution in [2.24, 2.45) is 4.99 Å². The smallest absolute Gasteiger partial charge is 0.330 e. The summed E-state index contributed by atoms with van der Waals surface area (Å²) >= 11 is 0. The highest BCUT2D eigenvalue weighted by molar-refractivity contribution is 7.91. The number of hydrogen-bond acceptors (Lipinski definition) is 6. The van der Waals surface area contributed by atoms with E-state index in [1.165, 1.54) is 18.2 Å². The maximum atomic E-state index is 11.7. The third kappa shape index (κ3) is 2.73. The predicted molar refractivity (Wildman–Crippen MR) is 70.0 cm³/mol. The highest BCUT2D eigenvalue weighted by atomic mass is 32.2. The molecule has 2 rings (SSSR count). The number of carbonyl (C=O) groups excluding carboxylic acids is 1. The lowest BCUT2D eigenvalue weighted by atomic mass is 10.1. The molecule has 3 N–H and O–H groups in total. The van der Waals surface area contributed by atoms with Crippen LogP contribution in [0.3, 0.4) is 0 Å². The molecule has 1 heterocycles. The molecule has 0 fully saturated rings. The lowest BCUT2D eigenvalue weighted by Crippen LogP contribution is -2.29. The Morgan fingerprint density at radius 3 is 2.65 bits per heavy atom. The van der Waals surface area contributed by atoms with Gasteiger partial charge in [0.05, 0.1) is 12.7 Å². The Bertz CT molecular complexity index is 707. The molecule has 1 aromatic carbocycles. The lowest BCUT2D eigenvalue weighted by Gasteiger charge is -2.15. The lowest BCUT2D eigenvalue weighted by molar-refractivity contribution is 0.392. The number of rotatable bonds is 4.